The molecule has 0 saturated carbocycles. The third-order valence-electron chi connectivity index (χ3n) is 1.81. The molecule has 1 N–H and O–H groups in total. The molecule has 2 heterocycles. The first-order valence-electron chi connectivity index (χ1n) is 3.81. The van der Waals surface area contributed by atoms with Gasteiger partial charge < -0.3 is 14.5 Å². The van der Waals surface area contributed by atoms with Crippen molar-refractivity contribution in [2.24, 2.45) is 0 Å². The molecule has 12 heavy (non-hydrogen) atoms. The van der Waals surface area contributed by atoms with E-state index in [0.717, 1.165) is 18.9 Å². The van der Waals surface area contributed by atoms with Gasteiger partial charge in [0.25, 0.3) is 0 Å². The molecule has 0 amide bonds. The Morgan fingerprint density at radius 3 is 3.00 bits per heavy atom. The van der Waals surface area contributed by atoms with Crippen LogP contribution in [0.25, 0.3) is 0 Å². The molecule has 1 saturated heterocycles. The Morgan fingerprint density at radius 2 is 2.42 bits per heavy atom. The summed E-state index contributed by atoms with van der Waals surface area (Å²) in [6, 6.07) is 4.11. The van der Waals surface area contributed by atoms with E-state index in [4.69, 9.17) is 9.15 Å². The minimum atomic E-state index is 0. The Balaban J connectivity index is 0.000000720. The quantitative estimate of drug-likeness (QED) is 0.725. The highest BCUT2D eigenvalue weighted by Crippen LogP contribution is 2.15. The summed E-state index contributed by atoms with van der Waals surface area (Å²) >= 11 is 0. The monoisotopic (exact) mass is 189 g/mol. The van der Waals surface area contributed by atoms with Crippen LogP contribution in [0.1, 0.15) is 11.8 Å². The Hall–Kier alpha value is -0.510. The number of furan rings is 1. The van der Waals surface area contributed by atoms with E-state index in [1.54, 1.807) is 6.26 Å². The van der Waals surface area contributed by atoms with Crippen LogP contribution in [-0.2, 0) is 4.74 Å². The lowest BCUT2D eigenvalue weighted by atomic mass is 10.2. The van der Waals surface area contributed by atoms with E-state index in [9.17, 15) is 0 Å². The topological polar surface area (TPSA) is 34.4 Å². The molecule has 0 unspecified atom stereocenters. The molecule has 1 aromatic heterocycles. The first kappa shape index (κ1) is 9.58. The fourth-order valence-corrected chi connectivity index (χ4v) is 1.24. The molecule has 4 heteroatoms. The van der Waals surface area contributed by atoms with Crippen molar-refractivity contribution < 1.29 is 9.15 Å². The van der Waals surface area contributed by atoms with Crippen molar-refractivity contribution in [3.63, 3.8) is 0 Å². The number of morpholine rings is 1. The zero-order chi connectivity index (χ0) is 7.52. The van der Waals surface area contributed by atoms with Gasteiger partial charge in [-0.1, -0.05) is 0 Å². The van der Waals surface area contributed by atoms with Crippen molar-refractivity contribution in [3.8, 4) is 0 Å². The third kappa shape index (κ3) is 2.00. The van der Waals surface area contributed by atoms with Crippen molar-refractivity contribution in [1.82, 2.24) is 5.32 Å². The molecular formula is C8H12ClNO2. The standard InChI is InChI=1S/C8H11NO2.ClH/c1-2-8(11-4-1)7-6-10-5-3-9-7;/h1-2,4,7,9H,3,5-6H2;1H/t7-;/m0./s1. The van der Waals surface area contributed by atoms with E-state index < -0.39 is 0 Å². The molecule has 0 aliphatic carbocycles. The molecule has 2 rings (SSSR count). The van der Waals surface area contributed by atoms with E-state index in [1.807, 2.05) is 12.1 Å². The van der Waals surface area contributed by atoms with Crippen molar-refractivity contribution >= 4 is 12.4 Å². The van der Waals surface area contributed by atoms with E-state index >= 15 is 0 Å². The van der Waals surface area contributed by atoms with Gasteiger partial charge in [0, 0.05) is 6.54 Å². The van der Waals surface area contributed by atoms with Gasteiger partial charge in [-0.25, -0.2) is 0 Å². The van der Waals surface area contributed by atoms with Crippen molar-refractivity contribution in [2.75, 3.05) is 19.8 Å². The summed E-state index contributed by atoms with van der Waals surface area (Å²) in [5, 5.41) is 3.30. The lowest BCUT2D eigenvalue weighted by molar-refractivity contribution is 0.0699. The van der Waals surface area contributed by atoms with Gasteiger partial charge >= 0.3 is 0 Å². The molecule has 68 valence electrons. The molecule has 0 bridgehead atoms. The van der Waals surface area contributed by atoms with Crippen molar-refractivity contribution in [1.29, 1.82) is 0 Å². The molecule has 0 radical (unpaired) electrons. The zero-order valence-electron chi connectivity index (χ0n) is 6.66. The van der Waals surface area contributed by atoms with Gasteiger partial charge in [0.05, 0.1) is 25.5 Å². The number of nitrogens with one attached hydrogen (secondary N) is 1. The lowest BCUT2D eigenvalue weighted by Gasteiger charge is -2.21. The van der Waals surface area contributed by atoms with Crippen LogP contribution in [0.15, 0.2) is 22.8 Å². The van der Waals surface area contributed by atoms with Crippen LogP contribution < -0.4 is 5.32 Å². The second kappa shape index (κ2) is 4.50. The van der Waals surface area contributed by atoms with Crippen molar-refractivity contribution in [2.45, 2.75) is 6.04 Å². The van der Waals surface area contributed by atoms with Crippen LogP contribution >= 0.6 is 12.4 Å². The summed E-state index contributed by atoms with van der Waals surface area (Å²) < 4.78 is 10.5. The first-order valence-corrected chi connectivity index (χ1v) is 3.81. The van der Waals surface area contributed by atoms with E-state index in [2.05, 4.69) is 5.32 Å². The van der Waals surface area contributed by atoms with Crippen LogP contribution in [0.2, 0.25) is 0 Å². The summed E-state index contributed by atoms with van der Waals surface area (Å²) in [4.78, 5) is 0. The number of halogens is 1. The average molecular weight is 190 g/mol. The molecule has 1 fully saturated rings. The van der Waals surface area contributed by atoms with Gasteiger partial charge in [0.15, 0.2) is 0 Å². The molecule has 1 aliphatic rings. The summed E-state index contributed by atoms with van der Waals surface area (Å²) in [7, 11) is 0. The van der Waals surface area contributed by atoms with Gasteiger partial charge in [0.1, 0.15) is 5.76 Å². The Bertz CT molecular complexity index is 207. The smallest absolute Gasteiger partial charge is 0.123 e. The predicted molar refractivity (Wildman–Crippen MR) is 47.5 cm³/mol. The third-order valence-corrected chi connectivity index (χ3v) is 1.81. The minimum Gasteiger partial charge on any atom is -0.468 e. The maximum Gasteiger partial charge on any atom is 0.123 e. The fraction of sp³-hybridized carbons (Fsp3) is 0.500. The highest BCUT2D eigenvalue weighted by Gasteiger charge is 2.16. The second-order valence-electron chi connectivity index (χ2n) is 2.60. The van der Waals surface area contributed by atoms with E-state index in [-0.39, 0.29) is 18.4 Å². The van der Waals surface area contributed by atoms with Gasteiger partial charge in [-0.05, 0) is 12.1 Å². The molecule has 1 aromatic rings. The van der Waals surface area contributed by atoms with Gasteiger partial charge in [-0.15, -0.1) is 12.4 Å². The Morgan fingerprint density at radius 1 is 1.50 bits per heavy atom. The summed E-state index contributed by atoms with van der Waals surface area (Å²) in [6.45, 7) is 2.43. The van der Waals surface area contributed by atoms with E-state index in [1.165, 1.54) is 0 Å². The summed E-state index contributed by atoms with van der Waals surface area (Å²) in [6.07, 6.45) is 1.69. The summed E-state index contributed by atoms with van der Waals surface area (Å²) in [5.74, 6) is 0.963. The Labute approximate surface area is 77.5 Å². The molecule has 0 aromatic carbocycles. The highest BCUT2D eigenvalue weighted by molar-refractivity contribution is 5.85. The largest absolute Gasteiger partial charge is 0.468 e. The number of hydrogen-bond acceptors (Lipinski definition) is 3. The molecule has 3 nitrogen and oxygen atoms in total. The van der Waals surface area contributed by atoms with E-state index in [0.29, 0.717) is 6.61 Å². The molecule has 0 spiro atoms. The SMILES string of the molecule is Cl.c1coc([C@@H]2COCCN2)c1. The molecule has 1 atom stereocenters. The Kier molecular flexibility index (Phi) is 3.59. The van der Waals surface area contributed by atoms with Gasteiger partial charge in [0.2, 0.25) is 0 Å². The predicted octanol–water partition coefficient (Wildman–Crippen LogP) is 1.36. The van der Waals surface area contributed by atoms with Crippen LogP contribution in [0.4, 0.5) is 0 Å². The molecule has 1 aliphatic heterocycles. The first-order chi connectivity index (χ1) is 5.47. The maximum atomic E-state index is 5.28. The normalized spacial score (nSPS) is 23.2. The number of rotatable bonds is 1. The lowest BCUT2D eigenvalue weighted by Crippen LogP contribution is -2.34. The van der Waals surface area contributed by atoms with Crippen LogP contribution in [-0.4, -0.2) is 19.8 Å². The van der Waals surface area contributed by atoms with Crippen LogP contribution in [0, 0.1) is 0 Å². The second-order valence-corrected chi connectivity index (χ2v) is 2.60. The van der Waals surface area contributed by atoms with Crippen LogP contribution in [0.3, 0.4) is 0 Å². The average Bonchev–Trinajstić information content (AvgIpc) is 2.58. The summed E-state index contributed by atoms with van der Waals surface area (Å²) in [5.41, 5.74) is 0. The number of ether oxygens (including phenoxy) is 1. The highest BCUT2D eigenvalue weighted by atomic mass is 35.5. The zero-order valence-corrected chi connectivity index (χ0v) is 7.47. The number of hydrogen-bond donors (Lipinski definition) is 1. The van der Waals surface area contributed by atoms with Crippen LogP contribution in [0.5, 0.6) is 0 Å². The van der Waals surface area contributed by atoms with Gasteiger partial charge in [-0.3, -0.25) is 0 Å². The molecular weight excluding hydrogens is 178 g/mol. The fourth-order valence-electron chi connectivity index (χ4n) is 1.24. The van der Waals surface area contributed by atoms with Crippen molar-refractivity contribution in [3.05, 3.63) is 24.2 Å². The maximum absolute atomic E-state index is 5.28. The van der Waals surface area contributed by atoms with Gasteiger partial charge in [-0.2, -0.15) is 0 Å². The minimum absolute atomic E-state index is 0.